The fourth-order valence-electron chi connectivity index (χ4n) is 1.95. The highest BCUT2D eigenvalue weighted by Gasteiger charge is 2.37. The molecule has 0 bridgehead atoms. The van der Waals surface area contributed by atoms with Crippen molar-refractivity contribution in [2.45, 2.75) is 38.9 Å². The summed E-state index contributed by atoms with van der Waals surface area (Å²) in [5.41, 5.74) is 1.83. The quantitative estimate of drug-likeness (QED) is 0.829. The maximum atomic E-state index is 10.2. The number of aromatic nitrogens is 1. The lowest BCUT2D eigenvalue weighted by molar-refractivity contribution is -0.0463. The predicted molar refractivity (Wildman–Crippen MR) is 62.1 cm³/mol. The third kappa shape index (κ3) is 2.60. The Balaban J connectivity index is 2.08. The first-order valence-corrected chi connectivity index (χ1v) is 5.94. The topological polar surface area (TPSA) is 42.4 Å². The number of hydrogen-bond donors (Lipinski definition) is 1. The minimum atomic E-state index is -0.541. The number of aliphatic hydroxyl groups is 1. The number of aryl methyl sites for hydroxylation is 1. The molecule has 1 aliphatic rings. The van der Waals surface area contributed by atoms with Gasteiger partial charge in [-0.05, 0) is 38.7 Å². The second-order valence-corrected chi connectivity index (χ2v) is 4.44. The van der Waals surface area contributed by atoms with Crippen LogP contribution in [-0.4, -0.2) is 22.8 Å². The molecule has 2 rings (SSSR count). The Bertz CT molecular complexity index is 332. The second kappa shape index (κ2) is 4.93. The average molecular weight is 221 g/mol. The van der Waals surface area contributed by atoms with Crippen molar-refractivity contribution >= 4 is 0 Å². The number of aliphatic hydroxyl groups excluding tert-OH is 1. The van der Waals surface area contributed by atoms with E-state index in [1.807, 2.05) is 26.0 Å². The third-order valence-corrected chi connectivity index (χ3v) is 3.03. The monoisotopic (exact) mass is 221 g/mol. The van der Waals surface area contributed by atoms with Crippen LogP contribution in [0.4, 0.5) is 0 Å². The van der Waals surface area contributed by atoms with Gasteiger partial charge < -0.3 is 9.84 Å². The minimum Gasteiger partial charge on any atom is -0.386 e. The Morgan fingerprint density at radius 1 is 1.50 bits per heavy atom. The molecule has 3 nitrogen and oxygen atoms in total. The first kappa shape index (κ1) is 11.6. The van der Waals surface area contributed by atoms with Crippen LogP contribution in [0.2, 0.25) is 0 Å². The van der Waals surface area contributed by atoms with Gasteiger partial charge in [0.15, 0.2) is 0 Å². The van der Waals surface area contributed by atoms with E-state index in [4.69, 9.17) is 4.74 Å². The van der Waals surface area contributed by atoms with E-state index in [0.29, 0.717) is 12.5 Å². The van der Waals surface area contributed by atoms with Gasteiger partial charge in [-0.3, -0.25) is 4.98 Å². The molecule has 1 aromatic rings. The molecular formula is C13H19NO2. The lowest BCUT2D eigenvalue weighted by Gasteiger charge is -2.22. The molecule has 1 fully saturated rings. The molecule has 88 valence electrons. The largest absolute Gasteiger partial charge is 0.386 e. The van der Waals surface area contributed by atoms with Crippen molar-refractivity contribution < 1.29 is 9.84 Å². The maximum absolute atomic E-state index is 10.2. The highest BCUT2D eigenvalue weighted by atomic mass is 16.5. The van der Waals surface area contributed by atoms with Gasteiger partial charge in [0.1, 0.15) is 6.10 Å². The molecule has 1 N–H and O–H groups in total. The normalized spacial score (nSPS) is 19.4. The molecule has 2 unspecified atom stereocenters. The predicted octanol–water partition coefficient (Wildman–Crippen LogP) is 2.24. The molecule has 1 aromatic heterocycles. The van der Waals surface area contributed by atoms with Crippen LogP contribution in [0.1, 0.15) is 37.1 Å². The van der Waals surface area contributed by atoms with Gasteiger partial charge in [0.05, 0.1) is 6.10 Å². The number of pyridine rings is 1. The van der Waals surface area contributed by atoms with E-state index in [1.54, 1.807) is 6.20 Å². The van der Waals surface area contributed by atoms with Crippen LogP contribution in [0, 0.1) is 12.8 Å². The maximum Gasteiger partial charge on any atom is 0.107 e. The van der Waals surface area contributed by atoms with Crippen LogP contribution in [0.15, 0.2) is 18.3 Å². The Morgan fingerprint density at radius 2 is 2.25 bits per heavy atom. The Labute approximate surface area is 96.5 Å². The summed E-state index contributed by atoms with van der Waals surface area (Å²) in [7, 11) is 0. The van der Waals surface area contributed by atoms with Crippen molar-refractivity contribution in [3.05, 3.63) is 29.6 Å². The number of nitrogens with zero attached hydrogens (tertiary/aromatic N) is 1. The molecule has 0 aliphatic heterocycles. The molecule has 1 saturated carbocycles. The van der Waals surface area contributed by atoms with Crippen LogP contribution in [0.25, 0.3) is 0 Å². The van der Waals surface area contributed by atoms with Gasteiger partial charge in [0.25, 0.3) is 0 Å². The Morgan fingerprint density at radius 3 is 2.75 bits per heavy atom. The van der Waals surface area contributed by atoms with Crippen LogP contribution < -0.4 is 0 Å². The van der Waals surface area contributed by atoms with Crippen molar-refractivity contribution in [1.29, 1.82) is 0 Å². The van der Waals surface area contributed by atoms with Crippen molar-refractivity contribution in [2.75, 3.05) is 6.61 Å². The molecule has 0 spiro atoms. The fraction of sp³-hybridized carbons (Fsp3) is 0.615. The molecule has 0 radical (unpaired) electrons. The van der Waals surface area contributed by atoms with Crippen LogP contribution in [-0.2, 0) is 4.74 Å². The highest BCUT2D eigenvalue weighted by Crippen LogP contribution is 2.39. The fourth-order valence-corrected chi connectivity index (χ4v) is 1.95. The molecule has 3 heteroatoms. The van der Waals surface area contributed by atoms with E-state index < -0.39 is 6.10 Å². The van der Waals surface area contributed by atoms with Gasteiger partial charge in [-0.1, -0.05) is 6.07 Å². The van der Waals surface area contributed by atoms with Crippen LogP contribution in [0.5, 0.6) is 0 Å². The van der Waals surface area contributed by atoms with Crippen molar-refractivity contribution in [3.63, 3.8) is 0 Å². The summed E-state index contributed by atoms with van der Waals surface area (Å²) < 4.78 is 5.63. The van der Waals surface area contributed by atoms with E-state index in [9.17, 15) is 5.11 Å². The first-order valence-electron chi connectivity index (χ1n) is 5.94. The smallest absolute Gasteiger partial charge is 0.107 e. The lowest BCUT2D eigenvalue weighted by Crippen LogP contribution is -2.24. The van der Waals surface area contributed by atoms with Gasteiger partial charge in [0.2, 0.25) is 0 Å². The van der Waals surface area contributed by atoms with Crippen molar-refractivity contribution in [1.82, 2.24) is 4.98 Å². The van der Waals surface area contributed by atoms with Crippen molar-refractivity contribution in [2.24, 2.45) is 5.92 Å². The van der Waals surface area contributed by atoms with Crippen LogP contribution in [0.3, 0.4) is 0 Å². The minimum absolute atomic E-state index is 0.0606. The zero-order valence-corrected chi connectivity index (χ0v) is 9.89. The van der Waals surface area contributed by atoms with Crippen molar-refractivity contribution in [3.8, 4) is 0 Å². The van der Waals surface area contributed by atoms with E-state index in [2.05, 4.69) is 4.98 Å². The number of ether oxygens (including phenoxy) is 1. The highest BCUT2D eigenvalue weighted by molar-refractivity contribution is 5.17. The van der Waals surface area contributed by atoms with E-state index in [-0.39, 0.29) is 6.10 Å². The molecule has 16 heavy (non-hydrogen) atoms. The zero-order valence-electron chi connectivity index (χ0n) is 9.89. The third-order valence-electron chi connectivity index (χ3n) is 3.03. The number of rotatable bonds is 5. The Hall–Kier alpha value is -0.930. The first-order chi connectivity index (χ1) is 7.72. The number of hydrogen-bond acceptors (Lipinski definition) is 3. The molecule has 2 atom stereocenters. The van der Waals surface area contributed by atoms with Gasteiger partial charge >= 0.3 is 0 Å². The van der Waals surface area contributed by atoms with E-state index in [0.717, 1.165) is 11.3 Å². The molecule has 1 heterocycles. The summed E-state index contributed by atoms with van der Waals surface area (Å²) in [6.07, 6.45) is 3.48. The lowest BCUT2D eigenvalue weighted by atomic mass is 10.0. The Kier molecular flexibility index (Phi) is 3.56. The SMILES string of the molecule is CCOC(C1CC1)C(O)c1ccc(C)nc1. The molecular weight excluding hydrogens is 202 g/mol. The summed E-state index contributed by atoms with van der Waals surface area (Å²) in [4.78, 5) is 4.21. The van der Waals surface area contributed by atoms with E-state index >= 15 is 0 Å². The summed E-state index contributed by atoms with van der Waals surface area (Å²) in [5, 5.41) is 10.2. The summed E-state index contributed by atoms with van der Waals surface area (Å²) in [6.45, 7) is 4.56. The molecule has 1 aliphatic carbocycles. The van der Waals surface area contributed by atoms with Gasteiger partial charge in [0, 0.05) is 24.1 Å². The van der Waals surface area contributed by atoms with E-state index in [1.165, 1.54) is 12.8 Å². The molecule has 0 aromatic carbocycles. The molecule has 0 saturated heterocycles. The molecule has 0 amide bonds. The summed E-state index contributed by atoms with van der Waals surface area (Å²) in [5.74, 6) is 0.524. The zero-order chi connectivity index (χ0) is 11.5. The van der Waals surface area contributed by atoms with Crippen LogP contribution >= 0.6 is 0 Å². The van der Waals surface area contributed by atoms with Gasteiger partial charge in [-0.2, -0.15) is 0 Å². The summed E-state index contributed by atoms with van der Waals surface area (Å²) >= 11 is 0. The van der Waals surface area contributed by atoms with Gasteiger partial charge in [-0.15, -0.1) is 0 Å². The summed E-state index contributed by atoms with van der Waals surface area (Å²) in [6, 6.07) is 3.86. The second-order valence-electron chi connectivity index (χ2n) is 4.44. The standard InChI is InChI=1S/C13H19NO2/c1-3-16-13(10-6-7-10)12(15)11-5-4-9(2)14-8-11/h4-5,8,10,12-13,15H,3,6-7H2,1-2H3. The average Bonchev–Trinajstić information content (AvgIpc) is 3.10. The van der Waals surface area contributed by atoms with Gasteiger partial charge in [-0.25, -0.2) is 0 Å².